The molecule has 1 N–H and O–H groups in total. The van der Waals surface area contributed by atoms with E-state index >= 15 is 0 Å². The molecule has 2 aliphatic heterocycles. The van der Waals surface area contributed by atoms with Gasteiger partial charge < -0.3 is 19.5 Å². The first-order chi connectivity index (χ1) is 15.4. The molecule has 2 heterocycles. The maximum atomic E-state index is 13.1. The van der Waals surface area contributed by atoms with Crippen LogP contribution in [0.1, 0.15) is 48.6 Å². The molecule has 2 aromatic rings. The normalized spacial score (nSPS) is 19.9. The van der Waals surface area contributed by atoms with Gasteiger partial charge in [-0.1, -0.05) is 24.3 Å². The summed E-state index contributed by atoms with van der Waals surface area (Å²) in [5.41, 5.74) is 3.39. The molecule has 1 atom stereocenters. The van der Waals surface area contributed by atoms with Crippen molar-refractivity contribution >= 4 is 17.4 Å². The highest BCUT2D eigenvalue weighted by atomic mass is 16.5. The fourth-order valence-corrected chi connectivity index (χ4v) is 4.38. The first kappa shape index (κ1) is 22.1. The maximum absolute atomic E-state index is 13.1. The number of fused-ring (bicyclic) bond motifs is 1. The number of likely N-dealkylation sites (tertiary alicyclic amines) is 1. The van der Waals surface area contributed by atoms with Crippen LogP contribution in [0, 0.1) is 6.92 Å². The third kappa shape index (κ3) is 4.15. The van der Waals surface area contributed by atoms with Gasteiger partial charge in [0, 0.05) is 12.1 Å². The molecule has 2 aromatic carbocycles. The number of ether oxygens (including phenoxy) is 2. The van der Waals surface area contributed by atoms with Crippen LogP contribution in [0.4, 0.5) is 0 Å². The van der Waals surface area contributed by atoms with E-state index in [2.05, 4.69) is 0 Å². The number of aliphatic hydroxyl groups excluding tert-OH is 1. The highest BCUT2D eigenvalue weighted by Crippen LogP contribution is 2.41. The van der Waals surface area contributed by atoms with Crippen LogP contribution < -0.4 is 4.74 Å². The van der Waals surface area contributed by atoms with E-state index in [1.54, 1.807) is 6.07 Å². The van der Waals surface area contributed by atoms with Crippen molar-refractivity contribution in [3.63, 3.8) is 0 Å². The first-order valence-electron chi connectivity index (χ1n) is 11.1. The molecule has 6 nitrogen and oxygen atoms in total. The summed E-state index contributed by atoms with van der Waals surface area (Å²) in [4.78, 5) is 27.7. The summed E-state index contributed by atoms with van der Waals surface area (Å²) in [5, 5.41) is 11.3. The fourth-order valence-electron chi connectivity index (χ4n) is 4.38. The lowest BCUT2D eigenvalue weighted by atomic mass is 9.92. The first-order valence-corrected chi connectivity index (χ1v) is 11.1. The Hall–Kier alpha value is -3.12. The second kappa shape index (κ2) is 9.17. The van der Waals surface area contributed by atoms with Crippen LogP contribution in [0.15, 0.2) is 48.0 Å². The molecule has 0 radical (unpaired) electrons. The number of hydrogen-bond donors (Lipinski definition) is 1. The molecule has 2 aliphatic rings. The fraction of sp³-hybridized carbons (Fsp3) is 0.385. The predicted octanol–water partition coefficient (Wildman–Crippen LogP) is 4.17. The van der Waals surface area contributed by atoms with Gasteiger partial charge in [0.15, 0.2) is 0 Å². The molecule has 168 valence electrons. The van der Waals surface area contributed by atoms with Gasteiger partial charge in [0.25, 0.3) is 11.7 Å². The van der Waals surface area contributed by atoms with Gasteiger partial charge in [0.05, 0.1) is 30.9 Å². The van der Waals surface area contributed by atoms with Crippen molar-refractivity contribution in [2.24, 2.45) is 0 Å². The minimum Gasteiger partial charge on any atom is -0.507 e. The van der Waals surface area contributed by atoms with Crippen molar-refractivity contribution < 1.29 is 24.2 Å². The summed E-state index contributed by atoms with van der Waals surface area (Å²) in [7, 11) is 0. The minimum absolute atomic E-state index is 0.0152. The molecule has 1 fully saturated rings. The van der Waals surface area contributed by atoms with E-state index in [1.807, 2.05) is 57.2 Å². The lowest BCUT2D eigenvalue weighted by Gasteiger charge is -2.27. The molecule has 1 unspecified atom stereocenters. The van der Waals surface area contributed by atoms with Crippen molar-refractivity contribution in [1.29, 1.82) is 0 Å². The van der Waals surface area contributed by atoms with E-state index in [4.69, 9.17) is 9.47 Å². The van der Waals surface area contributed by atoms with E-state index in [9.17, 15) is 14.7 Å². The lowest BCUT2D eigenvalue weighted by molar-refractivity contribution is -0.140. The van der Waals surface area contributed by atoms with Crippen LogP contribution in [0.3, 0.4) is 0 Å². The van der Waals surface area contributed by atoms with Crippen molar-refractivity contribution in [3.8, 4) is 5.75 Å². The van der Waals surface area contributed by atoms with Gasteiger partial charge in [-0.05, 0) is 68.5 Å². The standard InChI is InChI=1S/C26H29NO5/c1-16(2)31-14-12-27-23(20-9-5-4-7-17(20)3)22(25(29)26(27)30)24(28)19-10-11-21-18(15-19)8-6-13-32-21/h4-5,7,9-11,15-16,23,28H,6,8,12-14H2,1-3H3/b24-22+. The largest absolute Gasteiger partial charge is 0.507 e. The quantitative estimate of drug-likeness (QED) is 0.419. The zero-order valence-electron chi connectivity index (χ0n) is 18.8. The Balaban J connectivity index is 1.80. The molecule has 0 saturated carbocycles. The molecule has 6 heteroatoms. The maximum Gasteiger partial charge on any atom is 0.295 e. The van der Waals surface area contributed by atoms with E-state index in [1.165, 1.54) is 4.90 Å². The van der Waals surface area contributed by atoms with Gasteiger partial charge in [-0.3, -0.25) is 9.59 Å². The van der Waals surface area contributed by atoms with E-state index in [0.717, 1.165) is 35.3 Å². The number of benzene rings is 2. The molecule has 0 aromatic heterocycles. The average Bonchev–Trinajstić information content (AvgIpc) is 3.03. The Bertz CT molecular complexity index is 1070. The van der Waals surface area contributed by atoms with Gasteiger partial charge in [-0.2, -0.15) is 0 Å². The zero-order valence-corrected chi connectivity index (χ0v) is 18.8. The number of Topliss-reactive ketones (excluding diaryl/α,β-unsaturated/α-hetero) is 1. The van der Waals surface area contributed by atoms with Gasteiger partial charge in [-0.15, -0.1) is 0 Å². The number of carbonyl (C=O) groups is 2. The van der Waals surface area contributed by atoms with Crippen molar-refractivity contribution in [1.82, 2.24) is 4.90 Å². The van der Waals surface area contributed by atoms with Crippen LogP contribution in [0.5, 0.6) is 5.75 Å². The van der Waals surface area contributed by atoms with E-state index < -0.39 is 17.7 Å². The molecule has 0 bridgehead atoms. The van der Waals surface area contributed by atoms with Gasteiger partial charge >= 0.3 is 0 Å². The number of hydrogen-bond acceptors (Lipinski definition) is 5. The van der Waals surface area contributed by atoms with Crippen molar-refractivity contribution in [3.05, 3.63) is 70.3 Å². The second-order valence-electron chi connectivity index (χ2n) is 8.54. The molecule has 0 aliphatic carbocycles. The molecule has 32 heavy (non-hydrogen) atoms. The monoisotopic (exact) mass is 435 g/mol. The van der Waals surface area contributed by atoms with Crippen LogP contribution in [0.2, 0.25) is 0 Å². The number of aryl methyl sites for hydroxylation is 2. The predicted molar refractivity (Wildman–Crippen MR) is 122 cm³/mol. The zero-order chi connectivity index (χ0) is 22.8. The van der Waals surface area contributed by atoms with Crippen molar-refractivity contribution in [2.45, 2.75) is 45.8 Å². The van der Waals surface area contributed by atoms with Crippen LogP contribution in [-0.4, -0.2) is 47.6 Å². The number of ketones is 1. The van der Waals surface area contributed by atoms with Gasteiger partial charge in [0.1, 0.15) is 11.5 Å². The third-order valence-corrected chi connectivity index (χ3v) is 5.99. The Kier molecular flexibility index (Phi) is 6.33. The van der Waals surface area contributed by atoms with E-state index in [0.29, 0.717) is 18.8 Å². The molecule has 0 spiro atoms. The highest BCUT2D eigenvalue weighted by Gasteiger charge is 2.46. The summed E-state index contributed by atoms with van der Waals surface area (Å²) in [5.74, 6) is -0.644. The molecule has 4 rings (SSSR count). The van der Waals surface area contributed by atoms with Crippen LogP contribution >= 0.6 is 0 Å². The summed E-state index contributed by atoms with van der Waals surface area (Å²) in [6.07, 6.45) is 1.76. The molecule has 1 amide bonds. The number of rotatable bonds is 6. The number of amides is 1. The summed E-state index contributed by atoms with van der Waals surface area (Å²) in [6, 6.07) is 12.4. The van der Waals surface area contributed by atoms with Crippen LogP contribution in [0.25, 0.3) is 5.76 Å². The Labute approximate surface area is 188 Å². The van der Waals surface area contributed by atoms with Gasteiger partial charge in [-0.25, -0.2) is 0 Å². The molecule has 1 saturated heterocycles. The Morgan fingerprint density at radius 2 is 2.00 bits per heavy atom. The summed E-state index contributed by atoms with van der Waals surface area (Å²) in [6.45, 7) is 7.03. The average molecular weight is 436 g/mol. The Morgan fingerprint density at radius 1 is 1.22 bits per heavy atom. The number of aliphatic hydroxyl groups is 1. The molecular formula is C26H29NO5. The third-order valence-electron chi connectivity index (χ3n) is 5.99. The van der Waals surface area contributed by atoms with Gasteiger partial charge in [0.2, 0.25) is 0 Å². The lowest BCUT2D eigenvalue weighted by Crippen LogP contribution is -2.33. The second-order valence-corrected chi connectivity index (χ2v) is 8.54. The summed E-state index contributed by atoms with van der Waals surface area (Å²) < 4.78 is 11.3. The van der Waals surface area contributed by atoms with Crippen molar-refractivity contribution in [2.75, 3.05) is 19.8 Å². The highest BCUT2D eigenvalue weighted by molar-refractivity contribution is 6.46. The Morgan fingerprint density at radius 3 is 2.75 bits per heavy atom. The van der Waals surface area contributed by atoms with E-state index in [-0.39, 0.29) is 24.0 Å². The number of carbonyl (C=O) groups excluding carboxylic acids is 2. The topological polar surface area (TPSA) is 76.1 Å². The van der Waals surface area contributed by atoms with Crippen LogP contribution in [-0.2, 0) is 20.7 Å². The smallest absolute Gasteiger partial charge is 0.295 e. The molecular weight excluding hydrogens is 406 g/mol. The minimum atomic E-state index is -0.672. The SMILES string of the molecule is Cc1ccccc1C1/C(=C(\O)c2ccc3c(c2)CCCO3)C(=O)C(=O)N1CCOC(C)C. The summed E-state index contributed by atoms with van der Waals surface area (Å²) >= 11 is 0. The number of nitrogens with zero attached hydrogens (tertiary/aromatic N) is 1.